The number of rotatable bonds is 7. The Morgan fingerprint density at radius 2 is 1.29 bits per heavy atom. The second-order valence-electron chi connectivity index (χ2n) is 6.12. The van der Waals surface area contributed by atoms with Gasteiger partial charge < -0.3 is 18.9 Å². The van der Waals surface area contributed by atoms with Crippen molar-refractivity contribution in [3.8, 4) is 23.0 Å². The second-order valence-corrected chi connectivity index (χ2v) is 6.12. The predicted molar refractivity (Wildman–Crippen MR) is 109 cm³/mol. The van der Waals surface area contributed by atoms with E-state index in [1.54, 1.807) is 12.1 Å². The van der Waals surface area contributed by atoms with Gasteiger partial charge in [0.1, 0.15) is 28.6 Å². The minimum absolute atomic E-state index is 0.112. The molecular weight excluding hydrogens is 406 g/mol. The van der Waals surface area contributed by atoms with Gasteiger partial charge in [0, 0.05) is 18.2 Å². The van der Waals surface area contributed by atoms with Crippen molar-refractivity contribution in [1.29, 1.82) is 0 Å². The monoisotopic (exact) mass is 423 g/mol. The van der Waals surface area contributed by atoms with E-state index in [-0.39, 0.29) is 28.3 Å². The van der Waals surface area contributed by atoms with Gasteiger partial charge in [0.25, 0.3) is 5.69 Å². The summed E-state index contributed by atoms with van der Waals surface area (Å²) in [4.78, 5) is 34.8. The van der Waals surface area contributed by atoms with Crippen LogP contribution >= 0.6 is 0 Å². The zero-order valence-corrected chi connectivity index (χ0v) is 16.6. The van der Waals surface area contributed by atoms with Gasteiger partial charge in [-0.3, -0.25) is 10.1 Å². The highest BCUT2D eigenvalue weighted by Crippen LogP contribution is 2.26. The molecule has 0 radical (unpaired) electrons. The molecule has 9 nitrogen and oxygen atoms in total. The molecule has 0 heterocycles. The number of ether oxygens (including phenoxy) is 4. The number of carbonyl (C=O) groups excluding carboxylic acids is 2. The predicted octanol–water partition coefficient (Wildman–Crippen LogP) is 4.05. The number of nitro groups is 1. The summed E-state index contributed by atoms with van der Waals surface area (Å²) >= 11 is 0. The summed E-state index contributed by atoms with van der Waals surface area (Å²) in [7, 11) is 2.93. The fourth-order valence-electron chi connectivity index (χ4n) is 2.59. The maximum atomic E-state index is 12.4. The Morgan fingerprint density at radius 1 is 0.742 bits per heavy atom. The molecule has 0 aliphatic carbocycles. The lowest BCUT2D eigenvalue weighted by Crippen LogP contribution is -2.11. The summed E-state index contributed by atoms with van der Waals surface area (Å²) in [6, 6.07) is 15.6. The number of carbonyl (C=O) groups is 2. The smallest absolute Gasteiger partial charge is 0.347 e. The van der Waals surface area contributed by atoms with Crippen molar-refractivity contribution in [2.45, 2.75) is 0 Å². The van der Waals surface area contributed by atoms with E-state index in [0.29, 0.717) is 11.5 Å². The van der Waals surface area contributed by atoms with Crippen LogP contribution in [-0.2, 0) is 0 Å². The second kappa shape index (κ2) is 9.40. The van der Waals surface area contributed by atoms with Crippen LogP contribution in [0, 0.1) is 10.1 Å². The Bertz CT molecular complexity index is 1110. The lowest BCUT2D eigenvalue weighted by Gasteiger charge is -2.10. The molecule has 0 aliphatic heterocycles. The van der Waals surface area contributed by atoms with Crippen molar-refractivity contribution >= 4 is 17.6 Å². The fraction of sp³-hybridized carbons (Fsp3) is 0.0909. The molecule has 0 unspecified atom stereocenters. The standard InChI is InChI=1S/C22H17NO8/c1-28-18-11-12-19(20(13-18)29-2)22(25)31-16-7-3-14(4-8-16)21(24)30-17-9-5-15(6-10-17)23(26)27/h3-13H,1-2H3. The lowest BCUT2D eigenvalue weighted by atomic mass is 10.2. The minimum Gasteiger partial charge on any atom is -0.497 e. The third-order valence-electron chi connectivity index (χ3n) is 4.19. The average molecular weight is 423 g/mol. The van der Waals surface area contributed by atoms with Gasteiger partial charge in [-0.25, -0.2) is 9.59 Å². The SMILES string of the molecule is COc1ccc(C(=O)Oc2ccc(C(=O)Oc3ccc([N+](=O)[O-])cc3)cc2)c(OC)c1. The van der Waals surface area contributed by atoms with E-state index >= 15 is 0 Å². The number of hydrogen-bond donors (Lipinski definition) is 0. The molecule has 0 bridgehead atoms. The Morgan fingerprint density at radius 3 is 1.84 bits per heavy atom. The van der Waals surface area contributed by atoms with Gasteiger partial charge in [-0.1, -0.05) is 0 Å². The summed E-state index contributed by atoms with van der Waals surface area (Å²) in [5, 5.41) is 10.7. The number of hydrogen-bond acceptors (Lipinski definition) is 8. The van der Waals surface area contributed by atoms with E-state index in [1.165, 1.54) is 68.8 Å². The van der Waals surface area contributed by atoms with Crippen LogP contribution in [0.25, 0.3) is 0 Å². The lowest BCUT2D eigenvalue weighted by molar-refractivity contribution is -0.384. The summed E-state index contributed by atoms with van der Waals surface area (Å²) in [5.41, 5.74) is 0.310. The fourth-order valence-corrected chi connectivity index (χ4v) is 2.59. The van der Waals surface area contributed by atoms with Crippen LogP contribution in [0.1, 0.15) is 20.7 Å². The zero-order valence-electron chi connectivity index (χ0n) is 16.6. The Balaban J connectivity index is 1.66. The van der Waals surface area contributed by atoms with Crippen molar-refractivity contribution in [2.24, 2.45) is 0 Å². The molecule has 0 aliphatic rings. The van der Waals surface area contributed by atoms with E-state index in [9.17, 15) is 19.7 Å². The maximum absolute atomic E-state index is 12.4. The third kappa shape index (κ3) is 5.15. The van der Waals surface area contributed by atoms with Crippen molar-refractivity contribution < 1.29 is 33.5 Å². The quantitative estimate of drug-likeness (QED) is 0.242. The van der Waals surface area contributed by atoms with Crippen molar-refractivity contribution in [3.05, 3.63) is 88.0 Å². The molecule has 31 heavy (non-hydrogen) atoms. The zero-order chi connectivity index (χ0) is 22.4. The van der Waals surface area contributed by atoms with Gasteiger partial charge in [-0.2, -0.15) is 0 Å². The normalized spacial score (nSPS) is 10.1. The molecule has 0 saturated carbocycles. The molecule has 0 saturated heterocycles. The molecule has 0 N–H and O–H groups in total. The molecular formula is C22H17NO8. The highest BCUT2D eigenvalue weighted by molar-refractivity contribution is 5.94. The van der Waals surface area contributed by atoms with Crippen LogP contribution in [0.5, 0.6) is 23.0 Å². The molecule has 0 amide bonds. The molecule has 0 fully saturated rings. The first-order valence-corrected chi connectivity index (χ1v) is 8.92. The topological polar surface area (TPSA) is 114 Å². The number of non-ortho nitro benzene ring substituents is 1. The number of nitro benzene ring substituents is 1. The van der Waals surface area contributed by atoms with E-state index < -0.39 is 16.9 Å². The third-order valence-corrected chi connectivity index (χ3v) is 4.19. The molecule has 3 aromatic carbocycles. The van der Waals surface area contributed by atoms with Gasteiger partial charge in [-0.05, 0) is 48.5 Å². The molecule has 0 spiro atoms. The van der Waals surface area contributed by atoms with Crippen molar-refractivity contribution in [1.82, 2.24) is 0 Å². The molecule has 0 atom stereocenters. The average Bonchev–Trinajstić information content (AvgIpc) is 2.79. The number of esters is 2. The molecule has 9 heteroatoms. The maximum Gasteiger partial charge on any atom is 0.347 e. The first-order valence-electron chi connectivity index (χ1n) is 8.92. The number of methoxy groups -OCH3 is 2. The minimum atomic E-state index is -0.663. The van der Waals surface area contributed by atoms with Gasteiger partial charge in [0.15, 0.2) is 0 Å². The summed E-state index contributed by atoms with van der Waals surface area (Å²) in [5.74, 6) is -0.0892. The molecule has 0 aromatic heterocycles. The van der Waals surface area contributed by atoms with Gasteiger partial charge >= 0.3 is 11.9 Å². The Kier molecular flexibility index (Phi) is 6.46. The van der Waals surface area contributed by atoms with E-state index in [1.807, 2.05) is 0 Å². The van der Waals surface area contributed by atoms with E-state index in [2.05, 4.69) is 0 Å². The summed E-state index contributed by atoms with van der Waals surface area (Å²) < 4.78 is 20.8. The summed E-state index contributed by atoms with van der Waals surface area (Å²) in [6.07, 6.45) is 0. The van der Waals surface area contributed by atoms with Crippen LogP contribution in [-0.4, -0.2) is 31.1 Å². The van der Waals surface area contributed by atoms with Crippen molar-refractivity contribution in [2.75, 3.05) is 14.2 Å². The Hall–Kier alpha value is -4.40. The van der Waals surface area contributed by atoms with Gasteiger partial charge in [-0.15, -0.1) is 0 Å². The largest absolute Gasteiger partial charge is 0.497 e. The van der Waals surface area contributed by atoms with E-state index in [4.69, 9.17) is 18.9 Å². The van der Waals surface area contributed by atoms with Crippen LogP contribution in [0.2, 0.25) is 0 Å². The summed E-state index contributed by atoms with van der Waals surface area (Å²) in [6.45, 7) is 0. The van der Waals surface area contributed by atoms with Crippen LogP contribution in [0.3, 0.4) is 0 Å². The highest BCUT2D eigenvalue weighted by atomic mass is 16.6. The van der Waals surface area contributed by atoms with Crippen LogP contribution in [0.15, 0.2) is 66.7 Å². The molecule has 3 aromatic rings. The number of nitrogens with zero attached hydrogens (tertiary/aromatic N) is 1. The Labute approximate surface area is 176 Å². The van der Waals surface area contributed by atoms with Crippen LogP contribution in [0.4, 0.5) is 5.69 Å². The highest BCUT2D eigenvalue weighted by Gasteiger charge is 2.16. The van der Waals surface area contributed by atoms with Gasteiger partial charge in [0.2, 0.25) is 0 Å². The van der Waals surface area contributed by atoms with Gasteiger partial charge in [0.05, 0.1) is 24.7 Å². The first-order chi connectivity index (χ1) is 14.9. The van der Waals surface area contributed by atoms with Crippen LogP contribution < -0.4 is 18.9 Å². The van der Waals surface area contributed by atoms with Crippen molar-refractivity contribution in [3.63, 3.8) is 0 Å². The molecule has 3 rings (SSSR count). The first kappa shape index (κ1) is 21.3. The van der Waals surface area contributed by atoms with E-state index in [0.717, 1.165) is 0 Å². The number of benzene rings is 3. The molecule has 158 valence electrons.